The third-order valence-electron chi connectivity index (χ3n) is 4.74. The van der Waals surface area contributed by atoms with Gasteiger partial charge in [-0.15, -0.1) is 0 Å². The number of benzene rings is 3. The largest absolute Gasteiger partial charge is 0.482 e. The number of methoxy groups -OCH3 is 1. The van der Waals surface area contributed by atoms with Crippen LogP contribution in [-0.2, 0) is 4.74 Å². The number of ether oxygens (including phenoxy) is 3. The minimum absolute atomic E-state index is 0.420. The van der Waals surface area contributed by atoms with Crippen LogP contribution in [-0.4, -0.2) is 27.6 Å². The van der Waals surface area contributed by atoms with Crippen molar-refractivity contribution < 1.29 is 14.2 Å². The molecular formula is C21H24O3Si. The summed E-state index contributed by atoms with van der Waals surface area (Å²) < 4.78 is 18.7. The molecule has 0 aromatic heterocycles. The van der Waals surface area contributed by atoms with E-state index < -0.39 is 13.9 Å². The van der Waals surface area contributed by atoms with Gasteiger partial charge in [-0.2, -0.15) is 0 Å². The normalized spacial score (nSPS) is 20.2. The molecule has 1 aliphatic rings. The summed E-state index contributed by atoms with van der Waals surface area (Å²) in [6, 6.07) is 17.6. The van der Waals surface area contributed by atoms with Crippen molar-refractivity contribution in [1.82, 2.24) is 0 Å². The Balaban J connectivity index is 1.96. The highest BCUT2D eigenvalue weighted by atomic mass is 28.3. The van der Waals surface area contributed by atoms with Gasteiger partial charge in [-0.25, -0.2) is 0 Å². The van der Waals surface area contributed by atoms with Crippen LogP contribution in [0.2, 0.25) is 25.7 Å². The molecule has 130 valence electrons. The Bertz CT molecular complexity index is 945. The fourth-order valence-electron chi connectivity index (χ4n) is 3.79. The summed E-state index contributed by atoms with van der Waals surface area (Å²) in [5.74, 6) is 0.932. The maximum atomic E-state index is 6.55. The van der Waals surface area contributed by atoms with Crippen molar-refractivity contribution in [3.8, 4) is 11.5 Å². The van der Waals surface area contributed by atoms with Gasteiger partial charge in [0.2, 0.25) is 5.79 Å². The van der Waals surface area contributed by atoms with Crippen molar-refractivity contribution in [2.24, 2.45) is 0 Å². The van der Waals surface area contributed by atoms with Gasteiger partial charge in [0.1, 0.15) is 0 Å². The van der Waals surface area contributed by atoms with Crippen LogP contribution < -0.4 is 9.47 Å². The van der Waals surface area contributed by atoms with Gasteiger partial charge in [-0.1, -0.05) is 68.2 Å². The number of hydrogen-bond acceptors (Lipinski definition) is 3. The zero-order valence-corrected chi connectivity index (χ0v) is 16.3. The van der Waals surface area contributed by atoms with E-state index >= 15 is 0 Å². The van der Waals surface area contributed by atoms with Gasteiger partial charge in [0.05, 0.1) is 8.07 Å². The Hall–Kier alpha value is -2.04. The Morgan fingerprint density at radius 1 is 0.880 bits per heavy atom. The molecule has 0 saturated heterocycles. The maximum Gasteiger partial charge on any atom is 0.242 e. The molecule has 0 spiro atoms. The first kappa shape index (κ1) is 16.4. The summed E-state index contributed by atoms with van der Waals surface area (Å²) in [5, 5.41) is 4.54. The number of hydrogen-bond donors (Lipinski definition) is 0. The lowest BCUT2D eigenvalue weighted by Crippen LogP contribution is -2.51. The van der Waals surface area contributed by atoms with Crippen molar-refractivity contribution in [3.05, 3.63) is 48.5 Å². The van der Waals surface area contributed by atoms with Crippen molar-refractivity contribution in [2.75, 3.05) is 13.7 Å². The molecule has 0 bridgehead atoms. The Labute approximate surface area is 149 Å². The van der Waals surface area contributed by atoms with Gasteiger partial charge in [-0.05, 0) is 10.8 Å². The average Bonchev–Trinajstić information content (AvgIpc) is 2.60. The predicted octanol–water partition coefficient (Wildman–Crippen LogP) is 5.45. The predicted molar refractivity (Wildman–Crippen MR) is 105 cm³/mol. The first-order chi connectivity index (χ1) is 11.9. The second-order valence-corrected chi connectivity index (χ2v) is 13.5. The van der Waals surface area contributed by atoms with Gasteiger partial charge in [0.15, 0.2) is 18.1 Å². The summed E-state index contributed by atoms with van der Waals surface area (Å²) in [6.07, 6.45) is 0. The van der Waals surface area contributed by atoms with Crippen LogP contribution in [0.15, 0.2) is 48.5 Å². The van der Waals surface area contributed by atoms with E-state index in [1.54, 1.807) is 7.11 Å². The van der Waals surface area contributed by atoms with Crippen LogP contribution in [0.4, 0.5) is 0 Å². The van der Waals surface area contributed by atoms with E-state index in [4.69, 9.17) is 14.2 Å². The highest BCUT2D eigenvalue weighted by molar-refractivity contribution is 6.76. The molecule has 0 radical (unpaired) electrons. The molecule has 0 aliphatic carbocycles. The minimum atomic E-state index is -1.41. The van der Waals surface area contributed by atoms with Gasteiger partial charge in [0.25, 0.3) is 0 Å². The maximum absolute atomic E-state index is 6.55. The molecule has 3 nitrogen and oxygen atoms in total. The first-order valence-corrected chi connectivity index (χ1v) is 12.4. The smallest absolute Gasteiger partial charge is 0.242 e. The molecule has 1 atom stereocenters. The molecule has 0 saturated carbocycles. The van der Waals surface area contributed by atoms with E-state index in [9.17, 15) is 0 Å². The molecule has 3 aromatic carbocycles. The van der Waals surface area contributed by atoms with Gasteiger partial charge in [-0.3, -0.25) is 0 Å². The molecule has 0 N–H and O–H groups in total. The molecule has 4 heteroatoms. The first-order valence-electron chi connectivity index (χ1n) is 8.73. The summed E-state index contributed by atoms with van der Waals surface area (Å²) in [7, 11) is 0.310. The van der Waals surface area contributed by atoms with Gasteiger partial charge < -0.3 is 14.2 Å². The molecule has 1 heterocycles. The quantitative estimate of drug-likeness (QED) is 0.464. The minimum Gasteiger partial charge on any atom is -0.482 e. The number of fused-ring (bicyclic) bond motifs is 6. The Morgan fingerprint density at radius 2 is 1.40 bits per heavy atom. The summed E-state index contributed by atoms with van der Waals surface area (Å²) in [6.45, 7) is 7.39. The third kappa shape index (κ3) is 2.79. The lowest BCUT2D eigenvalue weighted by molar-refractivity contribution is -0.181. The molecule has 0 fully saturated rings. The molecule has 0 amide bonds. The zero-order valence-electron chi connectivity index (χ0n) is 15.3. The van der Waals surface area contributed by atoms with Crippen molar-refractivity contribution in [1.29, 1.82) is 0 Å². The molecule has 3 aromatic rings. The van der Waals surface area contributed by atoms with E-state index in [2.05, 4.69) is 56.0 Å². The highest BCUT2D eigenvalue weighted by Gasteiger charge is 2.43. The number of rotatable bonds is 3. The molecular weight excluding hydrogens is 328 g/mol. The standard InChI is InChI=1S/C21H24O3Si/c1-22-21(14-25(2,3)4)13-23-19-17-11-7-5-9-15(17)16-10-6-8-12-18(16)20(19)24-21/h5-12H,13-14H2,1-4H3. The van der Waals surface area contributed by atoms with Gasteiger partial charge in [0, 0.05) is 23.9 Å². The molecule has 1 aliphatic heterocycles. The average molecular weight is 353 g/mol. The van der Waals surface area contributed by atoms with Gasteiger partial charge >= 0.3 is 0 Å². The SMILES string of the molecule is COC1(C[Si](C)(C)C)COc2c(c3ccccc3c3ccccc23)O1. The van der Waals surface area contributed by atoms with Crippen molar-refractivity contribution in [2.45, 2.75) is 31.5 Å². The monoisotopic (exact) mass is 352 g/mol. The van der Waals surface area contributed by atoms with Crippen LogP contribution in [0.25, 0.3) is 21.5 Å². The van der Waals surface area contributed by atoms with Crippen molar-refractivity contribution >= 4 is 29.6 Å². The van der Waals surface area contributed by atoms with E-state index in [0.29, 0.717) is 6.61 Å². The van der Waals surface area contributed by atoms with Crippen LogP contribution >= 0.6 is 0 Å². The van der Waals surface area contributed by atoms with Crippen LogP contribution in [0.1, 0.15) is 0 Å². The lowest BCUT2D eigenvalue weighted by atomic mass is 9.99. The van der Waals surface area contributed by atoms with Crippen LogP contribution in [0.5, 0.6) is 11.5 Å². The fourth-order valence-corrected chi connectivity index (χ4v) is 5.72. The van der Waals surface area contributed by atoms with E-state index in [-0.39, 0.29) is 0 Å². The zero-order chi connectivity index (χ0) is 17.7. The van der Waals surface area contributed by atoms with E-state index in [1.807, 2.05) is 12.1 Å². The van der Waals surface area contributed by atoms with Crippen LogP contribution in [0, 0.1) is 0 Å². The second kappa shape index (κ2) is 5.75. The van der Waals surface area contributed by atoms with E-state index in [0.717, 1.165) is 28.3 Å². The van der Waals surface area contributed by atoms with Crippen LogP contribution in [0.3, 0.4) is 0 Å². The molecule has 1 unspecified atom stereocenters. The third-order valence-corrected chi connectivity index (χ3v) is 6.34. The molecule has 4 rings (SSSR count). The fraction of sp³-hybridized carbons (Fsp3) is 0.333. The summed E-state index contributed by atoms with van der Waals surface area (Å²) in [5.41, 5.74) is 0. The Kier molecular flexibility index (Phi) is 3.78. The summed E-state index contributed by atoms with van der Waals surface area (Å²) in [4.78, 5) is 0. The Morgan fingerprint density at radius 3 is 1.92 bits per heavy atom. The topological polar surface area (TPSA) is 27.7 Å². The summed E-state index contributed by atoms with van der Waals surface area (Å²) >= 11 is 0. The lowest BCUT2D eigenvalue weighted by Gasteiger charge is -2.40. The van der Waals surface area contributed by atoms with E-state index in [1.165, 1.54) is 10.8 Å². The van der Waals surface area contributed by atoms with Crippen molar-refractivity contribution in [3.63, 3.8) is 0 Å². The second-order valence-electron chi connectivity index (χ2n) is 7.99. The molecule has 25 heavy (non-hydrogen) atoms. The highest BCUT2D eigenvalue weighted by Crippen LogP contribution is 2.48.